The van der Waals surface area contributed by atoms with Gasteiger partial charge in [-0.3, -0.25) is 0 Å². The van der Waals surface area contributed by atoms with Crippen molar-refractivity contribution in [1.82, 2.24) is 0 Å². The summed E-state index contributed by atoms with van der Waals surface area (Å²) in [6.45, 7) is 17.5. The fourth-order valence-electron chi connectivity index (χ4n) is 4.74. The topological polar surface area (TPSA) is 0 Å². The molecule has 0 saturated carbocycles. The van der Waals surface area contributed by atoms with Gasteiger partial charge < -0.3 is 0 Å². The molecule has 0 aliphatic carbocycles. The fraction of sp³-hybridized carbons (Fsp3) is 0.652. The molecule has 0 amide bonds. The Balaban J connectivity index is 3.31. The van der Waals surface area contributed by atoms with Crippen LogP contribution < -0.4 is 5.19 Å². The number of benzene rings is 1. The third-order valence-corrected chi connectivity index (χ3v) is 15.9. The van der Waals surface area contributed by atoms with E-state index in [0.29, 0.717) is 22.7 Å². The molecule has 0 nitrogen and oxygen atoms in total. The van der Waals surface area contributed by atoms with E-state index in [0.717, 1.165) is 0 Å². The highest BCUT2D eigenvalue weighted by molar-refractivity contribution is 6.91. The summed E-state index contributed by atoms with van der Waals surface area (Å²) >= 11 is 0. The SMILES string of the molecule is CC(C)[Si](C#CC(CC(F)(F)F)C[Si](C)(C)c1ccccc1)(C(C)C)C(C)C. The van der Waals surface area contributed by atoms with Crippen LogP contribution in [0.25, 0.3) is 0 Å². The summed E-state index contributed by atoms with van der Waals surface area (Å²) in [7, 11) is -4.04. The number of halogens is 3. The first-order chi connectivity index (χ1) is 12.7. The predicted molar refractivity (Wildman–Crippen MR) is 121 cm³/mol. The monoisotopic (exact) mass is 426 g/mol. The molecule has 0 fully saturated rings. The van der Waals surface area contributed by atoms with E-state index in [2.05, 4.69) is 78.2 Å². The molecule has 1 rings (SSSR count). The normalized spacial score (nSPS) is 14.4. The van der Waals surface area contributed by atoms with Crippen LogP contribution in [0.15, 0.2) is 30.3 Å². The minimum Gasteiger partial charge on any atom is -0.171 e. The zero-order valence-electron chi connectivity index (χ0n) is 18.7. The van der Waals surface area contributed by atoms with Crippen LogP contribution in [0.1, 0.15) is 48.0 Å². The lowest BCUT2D eigenvalue weighted by Crippen LogP contribution is -2.44. The smallest absolute Gasteiger partial charge is 0.171 e. The highest BCUT2D eigenvalue weighted by atomic mass is 28.3. The lowest BCUT2D eigenvalue weighted by molar-refractivity contribution is -0.139. The number of hydrogen-bond acceptors (Lipinski definition) is 0. The second-order valence-electron chi connectivity index (χ2n) is 9.64. The van der Waals surface area contributed by atoms with Gasteiger partial charge in [-0.25, -0.2) is 0 Å². The summed E-state index contributed by atoms with van der Waals surface area (Å²) in [6.07, 6.45) is -4.99. The van der Waals surface area contributed by atoms with E-state index < -0.39 is 34.7 Å². The molecular formula is C23H37F3Si2. The maximum Gasteiger partial charge on any atom is 0.390 e. The van der Waals surface area contributed by atoms with E-state index in [1.54, 1.807) is 0 Å². The van der Waals surface area contributed by atoms with Crippen molar-refractivity contribution in [3.05, 3.63) is 30.3 Å². The van der Waals surface area contributed by atoms with Crippen molar-refractivity contribution in [2.24, 2.45) is 5.92 Å². The van der Waals surface area contributed by atoms with E-state index in [1.165, 1.54) is 5.19 Å². The molecule has 0 aliphatic heterocycles. The summed E-state index contributed by atoms with van der Waals surface area (Å²) < 4.78 is 40.0. The maximum absolute atomic E-state index is 13.3. The van der Waals surface area contributed by atoms with Crippen molar-refractivity contribution in [3.8, 4) is 11.5 Å². The Bertz CT molecular complexity index is 643. The predicted octanol–water partition coefficient (Wildman–Crippen LogP) is 7.39. The lowest BCUT2D eigenvalue weighted by atomic mass is 10.1. The van der Waals surface area contributed by atoms with Gasteiger partial charge in [0.2, 0.25) is 0 Å². The minimum atomic E-state index is -4.18. The molecule has 0 saturated heterocycles. The van der Waals surface area contributed by atoms with Gasteiger partial charge >= 0.3 is 6.18 Å². The minimum absolute atomic E-state index is 0.422. The first-order valence-corrected chi connectivity index (χ1v) is 15.8. The largest absolute Gasteiger partial charge is 0.390 e. The Labute approximate surface area is 172 Å². The van der Waals surface area contributed by atoms with Gasteiger partial charge in [0.1, 0.15) is 8.07 Å². The van der Waals surface area contributed by atoms with Crippen molar-refractivity contribution in [2.75, 3.05) is 0 Å². The van der Waals surface area contributed by atoms with Gasteiger partial charge in [-0.1, -0.05) is 90.2 Å². The summed E-state index contributed by atoms with van der Waals surface area (Å²) in [5.74, 6) is 2.59. The molecule has 1 aromatic carbocycles. The third-order valence-electron chi connectivity index (χ3n) is 6.15. The van der Waals surface area contributed by atoms with Crippen LogP contribution in [0.5, 0.6) is 0 Å². The molecule has 1 unspecified atom stereocenters. The summed E-state index contributed by atoms with van der Waals surface area (Å²) in [6, 6.07) is 10.6. The molecule has 28 heavy (non-hydrogen) atoms. The van der Waals surface area contributed by atoms with Gasteiger partial charge in [-0.05, 0) is 22.7 Å². The van der Waals surface area contributed by atoms with Crippen LogP contribution >= 0.6 is 0 Å². The van der Waals surface area contributed by atoms with Crippen LogP contribution in [-0.4, -0.2) is 22.3 Å². The van der Waals surface area contributed by atoms with Gasteiger partial charge in [-0.15, -0.1) is 11.5 Å². The van der Waals surface area contributed by atoms with Gasteiger partial charge in [0.15, 0.2) is 0 Å². The molecule has 0 N–H and O–H groups in total. The number of alkyl halides is 3. The summed E-state index contributed by atoms with van der Waals surface area (Å²) in [5, 5.41) is 1.20. The molecule has 1 atom stereocenters. The van der Waals surface area contributed by atoms with Crippen molar-refractivity contribution < 1.29 is 13.2 Å². The Morgan fingerprint density at radius 3 is 1.71 bits per heavy atom. The summed E-state index contributed by atoms with van der Waals surface area (Å²) in [4.78, 5) is 0. The molecule has 0 radical (unpaired) electrons. The molecule has 0 aromatic heterocycles. The van der Waals surface area contributed by atoms with E-state index in [1.807, 2.05) is 18.2 Å². The maximum atomic E-state index is 13.3. The molecule has 5 heteroatoms. The highest BCUT2D eigenvalue weighted by Crippen LogP contribution is 2.41. The van der Waals surface area contributed by atoms with Crippen molar-refractivity contribution in [1.29, 1.82) is 0 Å². The molecule has 1 aromatic rings. The fourth-order valence-corrected chi connectivity index (χ4v) is 12.9. The summed E-state index contributed by atoms with van der Waals surface area (Å²) in [5.41, 5.74) is 4.81. The quantitative estimate of drug-likeness (QED) is 0.315. The van der Waals surface area contributed by atoms with E-state index in [9.17, 15) is 13.2 Å². The van der Waals surface area contributed by atoms with E-state index in [-0.39, 0.29) is 0 Å². The van der Waals surface area contributed by atoms with Crippen LogP contribution in [0, 0.1) is 17.4 Å². The van der Waals surface area contributed by atoms with E-state index in [4.69, 9.17) is 0 Å². The molecule has 0 spiro atoms. The van der Waals surface area contributed by atoms with Crippen molar-refractivity contribution in [2.45, 2.75) is 89.9 Å². The molecule has 0 bridgehead atoms. The molecule has 0 aliphatic rings. The first kappa shape index (κ1) is 25.0. The van der Waals surface area contributed by atoms with Gasteiger partial charge in [-0.2, -0.15) is 13.2 Å². The second-order valence-corrected chi connectivity index (χ2v) is 20.0. The molecule has 158 valence electrons. The first-order valence-electron chi connectivity index (χ1n) is 10.4. The Morgan fingerprint density at radius 2 is 1.32 bits per heavy atom. The zero-order valence-corrected chi connectivity index (χ0v) is 20.7. The average molecular weight is 427 g/mol. The Kier molecular flexibility index (Phi) is 8.65. The zero-order chi connectivity index (χ0) is 21.8. The Hall–Kier alpha value is -0.996. The highest BCUT2D eigenvalue weighted by Gasteiger charge is 2.42. The van der Waals surface area contributed by atoms with Crippen molar-refractivity contribution >= 4 is 21.3 Å². The van der Waals surface area contributed by atoms with Crippen LogP contribution in [-0.2, 0) is 0 Å². The van der Waals surface area contributed by atoms with Crippen LogP contribution in [0.4, 0.5) is 13.2 Å². The standard InChI is InChI=1S/C23H37F3Si2/c1-18(2)28(19(3)4,20(5)6)15-14-21(16-23(24,25)26)17-27(7,8)22-12-10-9-11-13-22/h9-13,18-21H,16-17H2,1-8H3. The Morgan fingerprint density at radius 1 is 0.857 bits per heavy atom. The third kappa shape index (κ3) is 6.52. The van der Waals surface area contributed by atoms with Crippen molar-refractivity contribution in [3.63, 3.8) is 0 Å². The average Bonchev–Trinajstić information content (AvgIpc) is 2.53. The van der Waals surface area contributed by atoms with Gasteiger partial charge in [0.25, 0.3) is 0 Å². The van der Waals surface area contributed by atoms with Gasteiger partial charge in [0.05, 0.1) is 14.5 Å². The van der Waals surface area contributed by atoms with Gasteiger partial charge in [0, 0.05) is 5.92 Å². The lowest BCUT2D eigenvalue weighted by Gasteiger charge is -2.38. The van der Waals surface area contributed by atoms with Crippen LogP contribution in [0.3, 0.4) is 0 Å². The molecule has 0 heterocycles. The number of hydrogen-bond donors (Lipinski definition) is 0. The second kappa shape index (κ2) is 9.67. The number of rotatable bonds is 7. The van der Waals surface area contributed by atoms with Crippen LogP contribution in [0.2, 0.25) is 35.8 Å². The van der Waals surface area contributed by atoms with E-state index >= 15 is 0 Å². The molecular weight excluding hydrogens is 389 g/mol.